The Labute approximate surface area is 109 Å². The van der Waals surface area contributed by atoms with E-state index in [1.807, 2.05) is 0 Å². The Morgan fingerprint density at radius 1 is 1.17 bits per heavy atom. The summed E-state index contributed by atoms with van der Waals surface area (Å²) in [4.78, 5) is 0. The van der Waals surface area contributed by atoms with Crippen molar-refractivity contribution >= 4 is 0 Å². The van der Waals surface area contributed by atoms with Crippen molar-refractivity contribution in [3.8, 4) is 5.75 Å². The van der Waals surface area contributed by atoms with Gasteiger partial charge in [-0.1, -0.05) is 26.0 Å². The van der Waals surface area contributed by atoms with Crippen LogP contribution in [0.3, 0.4) is 0 Å². The SMILES string of the molecule is CC(C)c1ccc2c(c1)OC(C1CCCO1)CC2. The summed E-state index contributed by atoms with van der Waals surface area (Å²) in [6.07, 6.45) is 5.15. The minimum Gasteiger partial charge on any atom is -0.487 e. The third-order valence-electron chi connectivity index (χ3n) is 4.11. The van der Waals surface area contributed by atoms with Crippen molar-refractivity contribution < 1.29 is 9.47 Å². The topological polar surface area (TPSA) is 18.5 Å². The molecule has 2 nitrogen and oxygen atoms in total. The van der Waals surface area contributed by atoms with Crippen molar-refractivity contribution in [1.29, 1.82) is 0 Å². The van der Waals surface area contributed by atoms with Crippen molar-refractivity contribution in [2.24, 2.45) is 0 Å². The van der Waals surface area contributed by atoms with Gasteiger partial charge >= 0.3 is 0 Å². The molecule has 0 aliphatic carbocycles. The average Bonchev–Trinajstić information content (AvgIpc) is 2.91. The van der Waals surface area contributed by atoms with Crippen molar-refractivity contribution in [2.45, 2.75) is 57.7 Å². The summed E-state index contributed by atoms with van der Waals surface area (Å²) < 4.78 is 11.9. The maximum Gasteiger partial charge on any atom is 0.125 e. The van der Waals surface area contributed by atoms with Crippen LogP contribution >= 0.6 is 0 Å². The van der Waals surface area contributed by atoms with Crippen LogP contribution in [-0.4, -0.2) is 18.8 Å². The van der Waals surface area contributed by atoms with Crippen molar-refractivity contribution in [3.63, 3.8) is 0 Å². The van der Waals surface area contributed by atoms with Gasteiger partial charge < -0.3 is 9.47 Å². The van der Waals surface area contributed by atoms with Crippen LogP contribution in [0.2, 0.25) is 0 Å². The molecule has 2 atom stereocenters. The first-order valence-electron chi connectivity index (χ1n) is 7.15. The minimum atomic E-state index is 0.266. The molecule has 2 heterocycles. The van der Waals surface area contributed by atoms with Gasteiger partial charge in [0.15, 0.2) is 0 Å². The van der Waals surface area contributed by atoms with Crippen LogP contribution in [0.25, 0.3) is 0 Å². The third-order valence-corrected chi connectivity index (χ3v) is 4.11. The van der Waals surface area contributed by atoms with Crippen LogP contribution < -0.4 is 4.74 Å². The summed E-state index contributed by atoms with van der Waals surface area (Å²) in [7, 11) is 0. The van der Waals surface area contributed by atoms with Gasteiger partial charge in [-0.3, -0.25) is 0 Å². The van der Waals surface area contributed by atoms with Crippen molar-refractivity contribution in [3.05, 3.63) is 29.3 Å². The molecule has 0 spiro atoms. The Morgan fingerprint density at radius 2 is 2.06 bits per heavy atom. The highest BCUT2D eigenvalue weighted by Crippen LogP contribution is 2.33. The Bertz CT molecular complexity index is 419. The van der Waals surface area contributed by atoms with E-state index in [0.29, 0.717) is 12.0 Å². The van der Waals surface area contributed by atoms with E-state index in [2.05, 4.69) is 32.0 Å². The lowest BCUT2D eigenvalue weighted by Gasteiger charge is -2.30. The van der Waals surface area contributed by atoms with E-state index in [0.717, 1.165) is 31.6 Å². The van der Waals surface area contributed by atoms with Gasteiger partial charge in [-0.25, -0.2) is 0 Å². The predicted octanol–water partition coefficient (Wildman–Crippen LogP) is 3.68. The van der Waals surface area contributed by atoms with Gasteiger partial charge in [-0.15, -0.1) is 0 Å². The maximum absolute atomic E-state index is 6.18. The molecule has 2 unspecified atom stereocenters. The first-order valence-corrected chi connectivity index (χ1v) is 7.15. The Kier molecular flexibility index (Phi) is 3.29. The molecule has 0 saturated carbocycles. The van der Waals surface area contributed by atoms with Gasteiger partial charge in [0.05, 0.1) is 6.10 Å². The number of aryl methyl sites for hydroxylation is 1. The zero-order valence-electron chi connectivity index (χ0n) is 11.3. The minimum absolute atomic E-state index is 0.266. The monoisotopic (exact) mass is 246 g/mol. The van der Waals surface area contributed by atoms with Crippen LogP contribution in [0.5, 0.6) is 5.75 Å². The third kappa shape index (κ3) is 2.26. The molecule has 3 rings (SSSR count). The number of fused-ring (bicyclic) bond motifs is 1. The zero-order chi connectivity index (χ0) is 12.5. The number of hydrogen-bond donors (Lipinski definition) is 0. The molecule has 2 aliphatic rings. The largest absolute Gasteiger partial charge is 0.487 e. The highest BCUT2D eigenvalue weighted by Gasteiger charge is 2.30. The molecule has 2 heteroatoms. The fourth-order valence-electron chi connectivity index (χ4n) is 2.92. The van der Waals surface area contributed by atoms with E-state index in [1.165, 1.54) is 17.5 Å². The second kappa shape index (κ2) is 4.93. The summed E-state index contributed by atoms with van der Waals surface area (Å²) in [5.74, 6) is 1.65. The van der Waals surface area contributed by atoms with Crippen molar-refractivity contribution in [1.82, 2.24) is 0 Å². The van der Waals surface area contributed by atoms with Gasteiger partial charge in [0.1, 0.15) is 11.9 Å². The predicted molar refractivity (Wildman–Crippen MR) is 72.2 cm³/mol. The molecule has 1 fully saturated rings. The first kappa shape index (κ1) is 12.0. The summed E-state index contributed by atoms with van der Waals surface area (Å²) in [6.45, 7) is 5.35. The smallest absolute Gasteiger partial charge is 0.125 e. The van der Waals surface area contributed by atoms with E-state index < -0.39 is 0 Å². The zero-order valence-corrected chi connectivity index (χ0v) is 11.3. The molecule has 18 heavy (non-hydrogen) atoms. The standard InChI is InChI=1S/C16H22O2/c1-11(2)13-6-5-12-7-8-15(18-16(12)10-13)14-4-3-9-17-14/h5-6,10-11,14-15H,3-4,7-9H2,1-2H3. The van der Waals surface area contributed by atoms with Crippen LogP contribution in [0.15, 0.2) is 18.2 Å². The molecule has 1 saturated heterocycles. The van der Waals surface area contributed by atoms with Gasteiger partial charge in [-0.05, 0) is 48.8 Å². The van der Waals surface area contributed by atoms with E-state index in [1.54, 1.807) is 0 Å². The first-order chi connectivity index (χ1) is 8.74. The lowest BCUT2D eigenvalue weighted by atomic mass is 9.94. The highest BCUT2D eigenvalue weighted by atomic mass is 16.5. The molecule has 2 aliphatic heterocycles. The van der Waals surface area contributed by atoms with E-state index in [4.69, 9.17) is 9.47 Å². The summed E-state index contributed by atoms with van der Waals surface area (Å²) in [5, 5.41) is 0. The van der Waals surface area contributed by atoms with Gasteiger partial charge in [-0.2, -0.15) is 0 Å². The molecular formula is C16H22O2. The quantitative estimate of drug-likeness (QED) is 0.792. The normalized spacial score (nSPS) is 27.1. The number of ether oxygens (including phenoxy) is 2. The fourth-order valence-corrected chi connectivity index (χ4v) is 2.92. The summed E-state index contributed by atoms with van der Waals surface area (Å²) in [6, 6.07) is 6.69. The Balaban J connectivity index is 1.79. The molecule has 0 N–H and O–H groups in total. The molecular weight excluding hydrogens is 224 g/mol. The second-order valence-electron chi connectivity index (χ2n) is 5.77. The number of benzene rings is 1. The summed E-state index contributed by atoms with van der Waals surface area (Å²) in [5.41, 5.74) is 2.72. The van der Waals surface area contributed by atoms with Crippen LogP contribution in [0, 0.1) is 0 Å². The molecule has 98 valence electrons. The van der Waals surface area contributed by atoms with Gasteiger partial charge in [0.2, 0.25) is 0 Å². The molecule has 0 amide bonds. The molecule has 1 aromatic rings. The summed E-state index contributed by atoms with van der Waals surface area (Å²) >= 11 is 0. The highest BCUT2D eigenvalue weighted by molar-refractivity contribution is 5.40. The van der Waals surface area contributed by atoms with Gasteiger partial charge in [0, 0.05) is 6.61 Å². The Morgan fingerprint density at radius 3 is 2.78 bits per heavy atom. The van der Waals surface area contributed by atoms with E-state index in [9.17, 15) is 0 Å². The average molecular weight is 246 g/mol. The fraction of sp³-hybridized carbons (Fsp3) is 0.625. The second-order valence-corrected chi connectivity index (χ2v) is 5.77. The van der Waals surface area contributed by atoms with Crippen LogP contribution in [0.4, 0.5) is 0 Å². The molecule has 0 aromatic heterocycles. The molecule has 0 radical (unpaired) electrons. The molecule has 1 aromatic carbocycles. The van der Waals surface area contributed by atoms with Crippen LogP contribution in [0.1, 0.15) is 50.2 Å². The number of rotatable bonds is 2. The maximum atomic E-state index is 6.18. The van der Waals surface area contributed by atoms with Crippen LogP contribution in [-0.2, 0) is 11.2 Å². The van der Waals surface area contributed by atoms with E-state index >= 15 is 0 Å². The van der Waals surface area contributed by atoms with Crippen molar-refractivity contribution in [2.75, 3.05) is 6.61 Å². The lowest BCUT2D eigenvalue weighted by Crippen LogP contribution is -2.34. The molecule has 0 bridgehead atoms. The van der Waals surface area contributed by atoms with Gasteiger partial charge in [0.25, 0.3) is 0 Å². The lowest BCUT2D eigenvalue weighted by molar-refractivity contribution is 0.00276. The number of hydrogen-bond acceptors (Lipinski definition) is 2. The Hall–Kier alpha value is -1.02. The van der Waals surface area contributed by atoms with E-state index in [-0.39, 0.29) is 6.10 Å².